The van der Waals surface area contributed by atoms with Crippen molar-refractivity contribution >= 4 is 0 Å². The number of hydrogen-bond donors (Lipinski definition) is 1. The maximum absolute atomic E-state index is 10.7. The summed E-state index contributed by atoms with van der Waals surface area (Å²) in [6.45, 7) is 2.25. The molecule has 4 heteroatoms. The van der Waals surface area contributed by atoms with Crippen LogP contribution >= 0.6 is 0 Å². The van der Waals surface area contributed by atoms with E-state index in [0.717, 1.165) is 37.3 Å². The van der Waals surface area contributed by atoms with E-state index < -0.39 is 5.60 Å². The second-order valence-corrected chi connectivity index (χ2v) is 5.49. The summed E-state index contributed by atoms with van der Waals surface area (Å²) >= 11 is 0. The van der Waals surface area contributed by atoms with Crippen LogP contribution in [-0.4, -0.2) is 25.7 Å². The van der Waals surface area contributed by atoms with Gasteiger partial charge in [0, 0.05) is 19.7 Å². The number of rotatable bonds is 3. The van der Waals surface area contributed by atoms with Crippen molar-refractivity contribution in [3.63, 3.8) is 0 Å². The normalized spacial score (nSPS) is 30.2. The van der Waals surface area contributed by atoms with Crippen LogP contribution in [0, 0.1) is 5.92 Å². The molecule has 0 amide bonds. The number of aryl methyl sites for hydroxylation is 1. The molecular formula is C13H23N3O. The van der Waals surface area contributed by atoms with Gasteiger partial charge in [-0.05, 0) is 25.2 Å². The van der Waals surface area contributed by atoms with E-state index in [9.17, 15) is 5.11 Å². The second-order valence-electron chi connectivity index (χ2n) is 5.49. The van der Waals surface area contributed by atoms with Crippen LogP contribution in [0.1, 0.15) is 51.1 Å². The molecule has 0 aromatic carbocycles. The van der Waals surface area contributed by atoms with Crippen molar-refractivity contribution in [2.24, 2.45) is 13.0 Å². The lowest BCUT2D eigenvalue weighted by atomic mass is 9.89. The van der Waals surface area contributed by atoms with E-state index in [1.54, 1.807) is 4.68 Å². The highest BCUT2D eigenvalue weighted by Crippen LogP contribution is 2.33. The Morgan fingerprint density at radius 2 is 2.29 bits per heavy atom. The Morgan fingerprint density at radius 3 is 2.94 bits per heavy atom. The van der Waals surface area contributed by atoms with Crippen molar-refractivity contribution in [2.75, 3.05) is 0 Å². The molecule has 1 saturated carbocycles. The summed E-state index contributed by atoms with van der Waals surface area (Å²) < 4.78 is 1.70. The highest BCUT2D eigenvalue weighted by atomic mass is 16.3. The van der Waals surface area contributed by atoms with Gasteiger partial charge in [0.05, 0.1) is 11.3 Å². The number of nitrogens with zero attached hydrogens (tertiary/aromatic N) is 3. The third-order valence-electron chi connectivity index (χ3n) is 4.01. The zero-order valence-electron chi connectivity index (χ0n) is 10.9. The Labute approximate surface area is 103 Å². The molecule has 1 aliphatic rings. The zero-order valence-corrected chi connectivity index (χ0v) is 10.9. The van der Waals surface area contributed by atoms with Crippen LogP contribution in [0.15, 0.2) is 6.20 Å². The Morgan fingerprint density at radius 1 is 1.47 bits per heavy atom. The summed E-state index contributed by atoms with van der Waals surface area (Å²) in [6, 6.07) is 0. The molecule has 2 atom stereocenters. The highest BCUT2D eigenvalue weighted by molar-refractivity contribution is 5.00. The zero-order chi connectivity index (χ0) is 12.3. The van der Waals surface area contributed by atoms with Crippen molar-refractivity contribution in [3.05, 3.63) is 11.9 Å². The molecule has 17 heavy (non-hydrogen) atoms. The summed E-state index contributed by atoms with van der Waals surface area (Å²) in [5.41, 5.74) is 0.352. The molecule has 96 valence electrons. The number of hydrogen-bond acceptors (Lipinski definition) is 3. The van der Waals surface area contributed by atoms with E-state index >= 15 is 0 Å². The molecule has 2 unspecified atom stereocenters. The molecule has 1 aromatic rings. The lowest BCUT2D eigenvalue weighted by molar-refractivity contribution is 0.0232. The largest absolute Gasteiger partial charge is 0.389 e. The fourth-order valence-corrected chi connectivity index (χ4v) is 2.86. The van der Waals surface area contributed by atoms with Crippen LogP contribution in [0.3, 0.4) is 0 Å². The maximum atomic E-state index is 10.7. The van der Waals surface area contributed by atoms with Gasteiger partial charge in [0.25, 0.3) is 0 Å². The summed E-state index contributed by atoms with van der Waals surface area (Å²) in [6.07, 6.45) is 9.14. The van der Waals surface area contributed by atoms with E-state index in [4.69, 9.17) is 0 Å². The van der Waals surface area contributed by atoms with Gasteiger partial charge in [-0.2, -0.15) is 0 Å². The minimum absolute atomic E-state index is 0.556. The lowest BCUT2D eigenvalue weighted by Crippen LogP contribution is -2.30. The third kappa shape index (κ3) is 3.28. The molecule has 0 radical (unpaired) electrons. The Bertz CT molecular complexity index is 363. The monoisotopic (exact) mass is 237 g/mol. The first kappa shape index (κ1) is 12.6. The lowest BCUT2D eigenvalue weighted by Gasteiger charge is -2.25. The van der Waals surface area contributed by atoms with Crippen molar-refractivity contribution in [1.29, 1.82) is 0 Å². The maximum Gasteiger partial charge on any atom is 0.0855 e. The third-order valence-corrected chi connectivity index (χ3v) is 4.01. The molecule has 0 bridgehead atoms. The van der Waals surface area contributed by atoms with E-state index in [1.807, 2.05) is 13.2 Å². The van der Waals surface area contributed by atoms with Crippen LogP contribution in [0.4, 0.5) is 0 Å². The quantitative estimate of drug-likeness (QED) is 0.819. The minimum Gasteiger partial charge on any atom is -0.389 e. The summed E-state index contributed by atoms with van der Waals surface area (Å²) in [7, 11) is 1.86. The van der Waals surface area contributed by atoms with Gasteiger partial charge in [-0.25, -0.2) is 0 Å². The van der Waals surface area contributed by atoms with Gasteiger partial charge < -0.3 is 5.11 Å². The molecule has 0 aliphatic heterocycles. The first-order chi connectivity index (χ1) is 8.11. The van der Waals surface area contributed by atoms with E-state index in [0.29, 0.717) is 6.42 Å². The molecule has 1 N–H and O–H groups in total. The molecule has 1 fully saturated rings. The van der Waals surface area contributed by atoms with Crippen LogP contribution in [0.2, 0.25) is 0 Å². The Kier molecular flexibility index (Phi) is 3.82. The van der Waals surface area contributed by atoms with Crippen LogP contribution in [0.5, 0.6) is 0 Å². The van der Waals surface area contributed by atoms with E-state index in [2.05, 4.69) is 17.2 Å². The molecule has 1 aliphatic carbocycles. The van der Waals surface area contributed by atoms with Crippen LogP contribution in [0.25, 0.3) is 0 Å². The van der Waals surface area contributed by atoms with Gasteiger partial charge in [0.1, 0.15) is 0 Å². The molecule has 0 spiro atoms. The predicted octanol–water partition coefficient (Wildman–Crippen LogP) is 2.08. The predicted molar refractivity (Wildman–Crippen MR) is 66.5 cm³/mol. The van der Waals surface area contributed by atoms with Crippen molar-refractivity contribution in [3.8, 4) is 0 Å². The molecule has 1 heterocycles. The van der Waals surface area contributed by atoms with Crippen LogP contribution in [-0.2, 0) is 13.5 Å². The first-order valence-electron chi connectivity index (χ1n) is 6.69. The molecule has 1 aromatic heterocycles. The molecular weight excluding hydrogens is 214 g/mol. The Hall–Kier alpha value is -0.900. The fraction of sp³-hybridized carbons (Fsp3) is 0.846. The van der Waals surface area contributed by atoms with E-state index in [1.165, 1.54) is 12.8 Å². The average molecular weight is 237 g/mol. The summed E-state index contributed by atoms with van der Waals surface area (Å²) in [4.78, 5) is 0. The summed E-state index contributed by atoms with van der Waals surface area (Å²) in [5.74, 6) is 0.797. The molecule has 4 nitrogen and oxygen atoms in total. The van der Waals surface area contributed by atoms with E-state index in [-0.39, 0.29) is 0 Å². The number of aromatic nitrogens is 3. The smallest absolute Gasteiger partial charge is 0.0855 e. The van der Waals surface area contributed by atoms with Gasteiger partial charge >= 0.3 is 0 Å². The standard InChI is InChI=1S/C13H23N3O/c1-3-11-5-4-7-13(17,8-6-11)9-12-10-16(2)15-14-12/h10-11,17H,3-9H2,1-2H3. The van der Waals surface area contributed by atoms with Gasteiger partial charge in [0.15, 0.2) is 0 Å². The van der Waals surface area contributed by atoms with Crippen molar-refractivity contribution in [1.82, 2.24) is 15.0 Å². The van der Waals surface area contributed by atoms with Crippen molar-refractivity contribution in [2.45, 2.75) is 57.5 Å². The second kappa shape index (κ2) is 5.17. The molecule has 2 rings (SSSR count). The topological polar surface area (TPSA) is 50.9 Å². The van der Waals surface area contributed by atoms with Gasteiger partial charge in [-0.3, -0.25) is 4.68 Å². The van der Waals surface area contributed by atoms with Crippen LogP contribution < -0.4 is 0 Å². The highest BCUT2D eigenvalue weighted by Gasteiger charge is 2.31. The van der Waals surface area contributed by atoms with Gasteiger partial charge in [-0.15, -0.1) is 5.10 Å². The first-order valence-corrected chi connectivity index (χ1v) is 6.69. The minimum atomic E-state index is -0.556. The van der Waals surface area contributed by atoms with Gasteiger partial charge in [0.2, 0.25) is 0 Å². The Balaban J connectivity index is 1.98. The fourth-order valence-electron chi connectivity index (χ4n) is 2.86. The SMILES string of the molecule is CCC1CCCC(O)(Cc2cn(C)nn2)CC1. The summed E-state index contributed by atoms with van der Waals surface area (Å²) in [5, 5.41) is 18.7. The molecule has 0 saturated heterocycles. The van der Waals surface area contributed by atoms with Gasteiger partial charge in [-0.1, -0.05) is 31.4 Å². The average Bonchev–Trinajstić information content (AvgIpc) is 2.59. The van der Waals surface area contributed by atoms with Crippen molar-refractivity contribution < 1.29 is 5.11 Å². The number of aliphatic hydroxyl groups is 1.